The van der Waals surface area contributed by atoms with Gasteiger partial charge in [0.2, 0.25) is 10.0 Å². The molecule has 3 fully saturated rings. The number of aromatic amines is 1. The van der Waals surface area contributed by atoms with Gasteiger partial charge in [-0.3, -0.25) is 9.58 Å². The second kappa shape index (κ2) is 7.62. The first-order chi connectivity index (χ1) is 16.0. The van der Waals surface area contributed by atoms with Gasteiger partial charge in [-0.15, -0.1) is 0 Å². The van der Waals surface area contributed by atoms with Crippen molar-refractivity contribution >= 4 is 21.1 Å². The zero-order valence-electron chi connectivity index (χ0n) is 18.3. The van der Waals surface area contributed by atoms with E-state index < -0.39 is 10.0 Å². The minimum atomic E-state index is -3.10. The van der Waals surface area contributed by atoms with Crippen LogP contribution in [0.25, 0.3) is 22.3 Å². The maximum absolute atomic E-state index is 12.5. The lowest BCUT2D eigenvalue weighted by atomic mass is 9.70. The van der Waals surface area contributed by atoms with Crippen molar-refractivity contribution in [2.24, 2.45) is 0 Å². The fourth-order valence-electron chi connectivity index (χ4n) is 5.34. The summed E-state index contributed by atoms with van der Waals surface area (Å²) in [5, 5.41) is 15.0. The number of hydrogen-bond acceptors (Lipinski definition) is 7. The average Bonchev–Trinajstić information content (AvgIpc) is 3.36. The first-order valence-corrected chi connectivity index (χ1v) is 12.9. The van der Waals surface area contributed by atoms with Crippen LogP contribution in [-0.2, 0) is 15.6 Å². The van der Waals surface area contributed by atoms with Crippen LogP contribution < -0.4 is 0 Å². The number of H-pyrrole nitrogens is 1. The van der Waals surface area contributed by atoms with Crippen molar-refractivity contribution in [1.82, 2.24) is 33.9 Å². The van der Waals surface area contributed by atoms with Gasteiger partial charge in [-0.2, -0.15) is 14.7 Å². The van der Waals surface area contributed by atoms with Crippen LogP contribution >= 0.6 is 0 Å². The third-order valence-electron chi connectivity index (χ3n) is 7.43. The molecule has 2 saturated carbocycles. The summed E-state index contributed by atoms with van der Waals surface area (Å²) in [6.45, 7) is 2.62. The van der Waals surface area contributed by atoms with Crippen LogP contribution in [0.5, 0.6) is 0 Å². The van der Waals surface area contributed by atoms with Gasteiger partial charge in [0, 0.05) is 55.6 Å². The Labute approximate surface area is 192 Å². The number of sulfonamides is 1. The Morgan fingerprint density at radius 2 is 1.97 bits per heavy atom. The molecule has 0 unspecified atom stereocenters. The summed E-state index contributed by atoms with van der Waals surface area (Å²) in [7, 11) is -3.10. The van der Waals surface area contributed by atoms with Crippen molar-refractivity contribution in [3.8, 4) is 17.3 Å². The lowest BCUT2D eigenvalue weighted by Gasteiger charge is -2.52. The van der Waals surface area contributed by atoms with Crippen molar-refractivity contribution in [3.05, 3.63) is 31.0 Å². The quantitative estimate of drug-likeness (QED) is 0.586. The van der Waals surface area contributed by atoms with E-state index in [1.807, 2.05) is 29.3 Å². The highest BCUT2D eigenvalue weighted by Gasteiger charge is 2.50. The Bertz CT molecular complexity index is 1320. The molecule has 172 valence electrons. The van der Waals surface area contributed by atoms with Gasteiger partial charge in [-0.05, 0) is 31.7 Å². The van der Waals surface area contributed by atoms with Gasteiger partial charge in [0.1, 0.15) is 12.0 Å². The highest BCUT2D eigenvalue weighted by atomic mass is 32.2. The minimum Gasteiger partial charge on any atom is -0.346 e. The summed E-state index contributed by atoms with van der Waals surface area (Å²) in [4.78, 5) is 14.2. The number of nitrogens with zero attached hydrogens (tertiary/aromatic N) is 7. The minimum absolute atomic E-state index is 0.146. The van der Waals surface area contributed by atoms with Crippen LogP contribution in [-0.4, -0.2) is 79.8 Å². The van der Waals surface area contributed by atoms with Gasteiger partial charge in [0.25, 0.3) is 0 Å². The Hall–Kier alpha value is -2.81. The molecular weight excluding hydrogens is 440 g/mol. The molecule has 10 nitrogen and oxygen atoms in total. The number of piperazine rings is 1. The summed E-state index contributed by atoms with van der Waals surface area (Å²) >= 11 is 0. The average molecular weight is 467 g/mol. The molecule has 3 aliphatic rings. The molecule has 1 aliphatic heterocycles. The molecular formula is C22H26N8O2S. The third-order valence-corrected chi connectivity index (χ3v) is 9.83. The summed E-state index contributed by atoms with van der Waals surface area (Å²) in [5.74, 6) is 0. The molecule has 3 aromatic heterocycles. The molecule has 0 aromatic carbocycles. The van der Waals surface area contributed by atoms with Gasteiger partial charge in [-0.1, -0.05) is 0 Å². The van der Waals surface area contributed by atoms with E-state index in [1.54, 1.807) is 10.6 Å². The van der Waals surface area contributed by atoms with Crippen molar-refractivity contribution in [3.63, 3.8) is 0 Å². The number of aromatic nitrogens is 5. The van der Waals surface area contributed by atoms with E-state index in [0.717, 1.165) is 61.1 Å². The molecule has 0 amide bonds. The first kappa shape index (κ1) is 20.8. The number of rotatable bonds is 6. The van der Waals surface area contributed by atoms with E-state index in [1.165, 1.54) is 0 Å². The van der Waals surface area contributed by atoms with Crippen molar-refractivity contribution in [1.29, 1.82) is 5.26 Å². The van der Waals surface area contributed by atoms with Crippen LogP contribution in [0.15, 0.2) is 31.0 Å². The standard InChI is InChI=1S/C22H26N8O2S/c23-5-4-22(30-14-16(13-27-30)20-19-3-6-24-21(19)26-15-25-20)11-17(12-22)28-7-9-29(10-8-28)33(31,32)18-1-2-18/h3,6,13-15,17-18H,1-2,4,7-12H2,(H,24,25,26)/t17-,22+. The molecule has 2 aliphatic carbocycles. The molecule has 0 spiro atoms. The Kier molecular flexibility index (Phi) is 4.79. The van der Waals surface area contributed by atoms with E-state index in [-0.39, 0.29) is 10.8 Å². The number of hydrogen-bond donors (Lipinski definition) is 1. The van der Waals surface area contributed by atoms with Crippen molar-refractivity contribution in [2.45, 2.75) is 48.9 Å². The van der Waals surface area contributed by atoms with E-state index >= 15 is 0 Å². The van der Waals surface area contributed by atoms with Crippen LogP contribution in [0.1, 0.15) is 32.1 Å². The summed E-state index contributed by atoms with van der Waals surface area (Å²) in [6, 6.07) is 4.65. The molecule has 4 heterocycles. The maximum atomic E-state index is 12.5. The molecule has 6 rings (SSSR count). The number of nitrogens with one attached hydrogen (secondary N) is 1. The molecule has 11 heteroatoms. The van der Waals surface area contributed by atoms with Crippen molar-refractivity contribution < 1.29 is 8.42 Å². The van der Waals surface area contributed by atoms with Crippen LogP contribution in [0.3, 0.4) is 0 Å². The van der Waals surface area contributed by atoms with Gasteiger partial charge in [-0.25, -0.2) is 18.4 Å². The highest BCUT2D eigenvalue weighted by Crippen LogP contribution is 2.45. The largest absolute Gasteiger partial charge is 0.346 e. The summed E-state index contributed by atoms with van der Waals surface area (Å²) in [6.07, 6.45) is 10.8. The van der Waals surface area contributed by atoms with Gasteiger partial charge in [0.15, 0.2) is 0 Å². The second-order valence-corrected chi connectivity index (χ2v) is 11.6. The Balaban J connectivity index is 1.16. The fraction of sp³-hybridized carbons (Fsp3) is 0.545. The van der Waals surface area contributed by atoms with E-state index in [2.05, 4.69) is 31.0 Å². The predicted molar refractivity (Wildman–Crippen MR) is 121 cm³/mol. The lowest BCUT2D eigenvalue weighted by molar-refractivity contribution is -0.00895. The number of nitriles is 1. The lowest BCUT2D eigenvalue weighted by Crippen LogP contribution is -2.60. The SMILES string of the molecule is N#CC[C@]1(n2cc(-c3ncnc4[nH]ccc34)cn2)C[C@@H](N2CCN(S(=O)(=O)C3CC3)CC2)C1. The molecule has 0 radical (unpaired) electrons. The van der Waals surface area contributed by atoms with E-state index in [9.17, 15) is 13.7 Å². The van der Waals surface area contributed by atoms with Gasteiger partial charge < -0.3 is 4.98 Å². The smallest absolute Gasteiger partial charge is 0.217 e. The van der Waals surface area contributed by atoms with Gasteiger partial charge >= 0.3 is 0 Å². The Morgan fingerprint density at radius 3 is 2.70 bits per heavy atom. The molecule has 33 heavy (non-hydrogen) atoms. The monoisotopic (exact) mass is 466 g/mol. The Morgan fingerprint density at radius 1 is 1.18 bits per heavy atom. The normalized spacial score (nSPS) is 26.8. The highest BCUT2D eigenvalue weighted by molar-refractivity contribution is 7.90. The summed E-state index contributed by atoms with van der Waals surface area (Å²) < 4.78 is 28.6. The first-order valence-electron chi connectivity index (χ1n) is 11.4. The summed E-state index contributed by atoms with van der Waals surface area (Å²) in [5.41, 5.74) is 2.18. The molecule has 3 aromatic rings. The van der Waals surface area contributed by atoms with Crippen LogP contribution in [0, 0.1) is 11.3 Å². The molecule has 1 saturated heterocycles. The number of fused-ring (bicyclic) bond motifs is 1. The van der Waals surface area contributed by atoms with Crippen LogP contribution in [0.2, 0.25) is 0 Å². The maximum Gasteiger partial charge on any atom is 0.217 e. The zero-order chi connectivity index (χ0) is 22.6. The van der Waals surface area contributed by atoms with Crippen molar-refractivity contribution in [2.75, 3.05) is 26.2 Å². The van der Waals surface area contributed by atoms with Gasteiger partial charge in [0.05, 0.1) is 35.2 Å². The molecule has 0 atom stereocenters. The molecule has 1 N–H and O–H groups in total. The fourth-order valence-corrected chi connectivity index (χ4v) is 7.17. The van der Waals surface area contributed by atoms with E-state index in [4.69, 9.17) is 0 Å². The zero-order valence-corrected chi connectivity index (χ0v) is 19.1. The van der Waals surface area contributed by atoms with E-state index in [0.29, 0.717) is 25.6 Å². The second-order valence-electron chi connectivity index (χ2n) is 9.44. The molecule has 0 bridgehead atoms. The predicted octanol–water partition coefficient (Wildman–Crippen LogP) is 1.70. The topological polar surface area (TPSA) is 124 Å². The third kappa shape index (κ3) is 3.44. The van der Waals surface area contributed by atoms with Crippen LogP contribution in [0.4, 0.5) is 0 Å².